The number of rotatable bonds is 2. The standard InChI is InChI=1S/C22H23F4N3O/c1-20(2)13-21(14-29(20)16-6-3-5-15(23)11-16)8-4-10-28(21)19(30)17-12-27-9-7-18(17)22(24,25)26/h3,5-7,9,11-12H,4,8,10,13-14H2,1-2H3. The Morgan fingerprint density at radius 1 is 1.20 bits per heavy atom. The molecule has 1 unspecified atom stereocenters. The Labute approximate surface area is 172 Å². The van der Waals surface area contributed by atoms with Crippen LogP contribution in [0.25, 0.3) is 0 Å². The fourth-order valence-corrected chi connectivity index (χ4v) is 5.11. The van der Waals surface area contributed by atoms with Gasteiger partial charge in [-0.15, -0.1) is 0 Å². The van der Waals surface area contributed by atoms with Crippen molar-refractivity contribution >= 4 is 11.6 Å². The number of benzene rings is 1. The molecule has 3 heterocycles. The minimum Gasteiger partial charge on any atom is -0.364 e. The fourth-order valence-electron chi connectivity index (χ4n) is 5.11. The van der Waals surface area contributed by atoms with Crippen LogP contribution in [-0.2, 0) is 6.18 Å². The van der Waals surface area contributed by atoms with Gasteiger partial charge in [0.25, 0.3) is 5.91 Å². The van der Waals surface area contributed by atoms with Gasteiger partial charge in [-0.1, -0.05) is 6.07 Å². The highest BCUT2D eigenvalue weighted by atomic mass is 19.4. The van der Waals surface area contributed by atoms with Crippen molar-refractivity contribution in [3.05, 3.63) is 59.7 Å². The number of amides is 1. The van der Waals surface area contributed by atoms with Crippen molar-refractivity contribution in [2.24, 2.45) is 0 Å². The van der Waals surface area contributed by atoms with Crippen LogP contribution in [0.4, 0.5) is 23.2 Å². The molecular weight excluding hydrogens is 398 g/mol. The number of alkyl halides is 3. The third-order valence-electron chi connectivity index (χ3n) is 6.26. The molecule has 2 aromatic rings. The molecule has 0 N–H and O–H groups in total. The minimum atomic E-state index is -4.64. The van der Waals surface area contributed by atoms with Crippen LogP contribution < -0.4 is 4.90 Å². The molecular formula is C22H23F4N3O. The Bertz CT molecular complexity index is 975. The zero-order valence-corrected chi connectivity index (χ0v) is 16.8. The quantitative estimate of drug-likeness (QED) is 0.647. The molecule has 1 amide bonds. The first-order valence-electron chi connectivity index (χ1n) is 9.90. The molecule has 0 saturated carbocycles. The molecule has 0 aliphatic carbocycles. The molecule has 1 aromatic heterocycles. The van der Waals surface area contributed by atoms with Crippen molar-refractivity contribution < 1.29 is 22.4 Å². The Hall–Kier alpha value is -2.64. The summed E-state index contributed by atoms with van der Waals surface area (Å²) >= 11 is 0. The van der Waals surface area contributed by atoms with E-state index in [-0.39, 0.29) is 5.82 Å². The molecule has 8 heteroatoms. The van der Waals surface area contributed by atoms with Gasteiger partial charge in [0.1, 0.15) is 5.82 Å². The Morgan fingerprint density at radius 2 is 1.97 bits per heavy atom. The molecule has 1 atom stereocenters. The Kier molecular flexibility index (Phi) is 4.78. The number of carbonyl (C=O) groups excluding carboxylic acids is 1. The van der Waals surface area contributed by atoms with Gasteiger partial charge in [0.05, 0.1) is 16.7 Å². The second kappa shape index (κ2) is 6.96. The molecule has 2 aliphatic rings. The van der Waals surface area contributed by atoms with E-state index in [1.165, 1.54) is 12.1 Å². The molecule has 2 fully saturated rings. The number of nitrogens with zero attached hydrogens (tertiary/aromatic N) is 3. The van der Waals surface area contributed by atoms with E-state index in [0.29, 0.717) is 38.0 Å². The lowest BCUT2D eigenvalue weighted by atomic mass is 9.87. The first-order valence-corrected chi connectivity index (χ1v) is 9.90. The van der Waals surface area contributed by atoms with E-state index in [0.717, 1.165) is 18.5 Å². The second-order valence-electron chi connectivity index (χ2n) is 8.76. The number of likely N-dealkylation sites (tertiary alicyclic amines) is 1. The highest BCUT2D eigenvalue weighted by Gasteiger charge is 2.55. The lowest BCUT2D eigenvalue weighted by molar-refractivity contribution is -0.138. The number of aromatic nitrogens is 1. The maximum Gasteiger partial charge on any atom is 0.417 e. The molecule has 0 radical (unpaired) electrons. The molecule has 1 aromatic carbocycles. The van der Waals surface area contributed by atoms with Crippen LogP contribution in [0.5, 0.6) is 0 Å². The van der Waals surface area contributed by atoms with Crippen LogP contribution in [0.1, 0.15) is 49.0 Å². The molecule has 2 saturated heterocycles. The van der Waals surface area contributed by atoms with Gasteiger partial charge in [0.2, 0.25) is 0 Å². The van der Waals surface area contributed by atoms with E-state index in [1.807, 2.05) is 19.9 Å². The van der Waals surface area contributed by atoms with Crippen LogP contribution >= 0.6 is 0 Å². The van der Waals surface area contributed by atoms with Gasteiger partial charge < -0.3 is 9.80 Å². The third kappa shape index (κ3) is 3.42. The molecule has 2 aliphatic heterocycles. The number of anilines is 1. The third-order valence-corrected chi connectivity index (χ3v) is 6.26. The van der Waals surface area contributed by atoms with Crippen molar-refractivity contribution in [2.45, 2.75) is 50.4 Å². The van der Waals surface area contributed by atoms with Gasteiger partial charge in [0.15, 0.2) is 0 Å². The topological polar surface area (TPSA) is 36.4 Å². The highest BCUT2D eigenvalue weighted by Crippen LogP contribution is 2.48. The van der Waals surface area contributed by atoms with E-state index >= 15 is 0 Å². The zero-order chi connectivity index (χ0) is 21.7. The van der Waals surface area contributed by atoms with Crippen LogP contribution in [0.15, 0.2) is 42.7 Å². The molecule has 30 heavy (non-hydrogen) atoms. The Balaban J connectivity index is 1.70. The summed E-state index contributed by atoms with van der Waals surface area (Å²) in [6.07, 6.45) is -0.603. The summed E-state index contributed by atoms with van der Waals surface area (Å²) in [7, 11) is 0. The number of hydrogen-bond acceptors (Lipinski definition) is 3. The first kappa shape index (κ1) is 20.6. The number of halogens is 4. The minimum absolute atomic E-state index is 0.353. The van der Waals surface area contributed by atoms with Gasteiger partial charge in [-0.25, -0.2) is 4.39 Å². The van der Waals surface area contributed by atoms with E-state index < -0.39 is 34.3 Å². The number of hydrogen-bond donors (Lipinski definition) is 0. The predicted molar refractivity (Wildman–Crippen MR) is 105 cm³/mol. The number of pyridine rings is 1. The van der Waals surface area contributed by atoms with E-state index in [4.69, 9.17) is 0 Å². The summed E-state index contributed by atoms with van der Waals surface area (Å²) < 4.78 is 54.2. The summed E-state index contributed by atoms with van der Waals surface area (Å²) in [5.74, 6) is -1.00. The zero-order valence-electron chi connectivity index (χ0n) is 16.8. The van der Waals surface area contributed by atoms with Gasteiger partial charge in [0, 0.05) is 36.7 Å². The van der Waals surface area contributed by atoms with Crippen molar-refractivity contribution in [1.29, 1.82) is 0 Å². The SMILES string of the molecule is CC1(C)CC2(CCCN2C(=O)c2cnccc2C(F)(F)F)CN1c1cccc(F)c1. The largest absolute Gasteiger partial charge is 0.417 e. The van der Waals surface area contributed by atoms with Crippen LogP contribution in [-0.4, -0.2) is 40.0 Å². The summed E-state index contributed by atoms with van der Waals surface area (Å²) in [4.78, 5) is 20.7. The fraction of sp³-hybridized carbons (Fsp3) is 0.455. The van der Waals surface area contributed by atoms with Crippen molar-refractivity contribution in [3.8, 4) is 0 Å². The lowest BCUT2D eigenvalue weighted by Gasteiger charge is -2.35. The summed E-state index contributed by atoms with van der Waals surface area (Å²) in [5.41, 5.74) is -1.69. The maximum atomic E-state index is 13.8. The molecule has 4 rings (SSSR count). The predicted octanol–water partition coefficient (Wildman–Crippen LogP) is 4.90. The van der Waals surface area contributed by atoms with E-state index in [9.17, 15) is 22.4 Å². The summed E-state index contributed by atoms with van der Waals surface area (Å²) in [6, 6.07) is 7.11. The van der Waals surface area contributed by atoms with Crippen molar-refractivity contribution in [3.63, 3.8) is 0 Å². The van der Waals surface area contributed by atoms with E-state index in [2.05, 4.69) is 9.88 Å². The molecule has 160 valence electrons. The smallest absolute Gasteiger partial charge is 0.364 e. The maximum absolute atomic E-state index is 13.8. The van der Waals surface area contributed by atoms with E-state index in [1.54, 1.807) is 11.0 Å². The highest BCUT2D eigenvalue weighted by molar-refractivity contribution is 5.96. The van der Waals surface area contributed by atoms with Crippen LogP contribution in [0.2, 0.25) is 0 Å². The van der Waals surface area contributed by atoms with Gasteiger partial charge in [-0.2, -0.15) is 13.2 Å². The van der Waals surface area contributed by atoms with Gasteiger partial charge in [-0.05, 0) is 57.4 Å². The van der Waals surface area contributed by atoms with Crippen LogP contribution in [0, 0.1) is 5.82 Å². The molecule has 4 nitrogen and oxygen atoms in total. The average molecular weight is 421 g/mol. The van der Waals surface area contributed by atoms with Gasteiger partial charge >= 0.3 is 6.18 Å². The lowest BCUT2D eigenvalue weighted by Crippen LogP contribution is -2.49. The molecule has 1 spiro atoms. The van der Waals surface area contributed by atoms with Crippen LogP contribution in [0.3, 0.4) is 0 Å². The summed E-state index contributed by atoms with van der Waals surface area (Å²) in [5, 5.41) is 0. The Morgan fingerprint density at radius 3 is 2.67 bits per heavy atom. The number of carbonyl (C=O) groups is 1. The summed E-state index contributed by atoms with van der Waals surface area (Å²) in [6.45, 7) is 4.85. The second-order valence-corrected chi connectivity index (χ2v) is 8.76. The normalized spacial score (nSPS) is 23.4. The monoisotopic (exact) mass is 421 g/mol. The van der Waals surface area contributed by atoms with Crippen molar-refractivity contribution in [2.75, 3.05) is 18.0 Å². The van der Waals surface area contributed by atoms with Crippen molar-refractivity contribution in [1.82, 2.24) is 9.88 Å². The average Bonchev–Trinajstić information content (AvgIpc) is 3.19. The van der Waals surface area contributed by atoms with Gasteiger partial charge in [-0.3, -0.25) is 9.78 Å². The molecule has 0 bridgehead atoms. The first-order chi connectivity index (χ1) is 14.0.